The van der Waals surface area contributed by atoms with Crippen molar-refractivity contribution in [3.05, 3.63) is 34.5 Å². The Balaban J connectivity index is 1.76. The molecule has 0 unspecified atom stereocenters. The van der Waals surface area contributed by atoms with Crippen LogP contribution in [-0.4, -0.2) is 55.4 Å². The average Bonchev–Trinajstić information content (AvgIpc) is 3.16. The Morgan fingerprint density at radius 1 is 1.25 bits per heavy atom. The van der Waals surface area contributed by atoms with Gasteiger partial charge in [-0.2, -0.15) is 18.3 Å². The number of sulfone groups is 1. The van der Waals surface area contributed by atoms with E-state index < -0.39 is 28.3 Å². The first-order chi connectivity index (χ1) is 16.8. The van der Waals surface area contributed by atoms with Crippen LogP contribution in [0.1, 0.15) is 55.1 Å². The van der Waals surface area contributed by atoms with Gasteiger partial charge in [0.2, 0.25) is 0 Å². The van der Waals surface area contributed by atoms with Crippen LogP contribution >= 0.6 is 11.6 Å². The van der Waals surface area contributed by atoms with Crippen molar-refractivity contribution in [2.24, 2.45) is 5.92 Å². The second-order valence-corrected chi connectivity index (χ2v) is 11.9. The molecule has 12 heteroatoms. The van der Waals surface area contributed by atoms with E-state index in [1.807, 2.05) is 6.92 Å². The summed E-state index contributed by atoms with van der Waals surface area (Å²) in [5, 5.41) is 7.03. The molecule has 0 spiro atoms. The van der Waals surface area contributed by atoms with Gasteiger partial charge in [0, 0.05) is 31.3 Å². The summed E-state index contributed by atoms with van der Waals surface area (Å²) >= 11 is 6.60. The lowest BCUT2D eigenvalue weighted by Gasteiger charge is -2.27. The topological polar surface area (TPSA) is 90.3 Å². The SMILES string of the molecule is CCn1nc(C(=O)NCC2CCC(S(C)(=O)=O)CC2)c(Cl)c1-c1ccc(CCC(F)(F)F)cc1OC. The van der Waals surface area contributed by atoms with Crippen LogP contribution in [0.15, 0.2) is 18.2 Å². The minimum Gasteiger partial charge on any atom is -0.496 e. The van der Waals surface area contributed by atoms with Crippen LogP contribution < -0.4 is 10.1 Å². The Labute approximate surface area is 214 Å². The first-order valence-corrected chi connectivity index (χ1v) is 14.1. The van der Waals surface area contributed by atoms with Gasteiger partial charge >= 0.3 is 6.18 Å². The molecule has 1 aliphatic carbocycles. The summed E-state index contributed by atoms with van der Waals surface area (Å²) in [5.74, 6) is 0.0583. The van der Waals surface area contributed by atoms with Crippen LogP contribution in [-0.2, 0) is 22.8 Å². The molecule has 7 nitrogen and oxygen atoms in total. The fourth-order valence-corrected chi connectivity index (χ4v) is 5.98. The van der Waals surface area contributed by atoms with Crippen molar-refractivity contribution in [3.63, 3.8) is 0 Å². The van der Waals surface area contributed by atoms with Gasteiger partial charge in [-0.1, -0.05) is 17.7 Å². The van der Waals surface area contributed by atoms with Crippen molar-refractivity contribution in [3.8, 4) is 17.0 Å². The standard InChI is InChI=1S/C24H31ClF3N3O4S/c1-4-31-22(18-10-7-15(13-19(18)35-2)11-12-24(26,27)28)20(25)21(30-31)23(32)29-14-16-5-8-17(9-6-16)36(3,33)34/h7,10,13,16-17H,4-6,8-9,11-12,14H2,1-3H3,(H,29,32). The zero-order chi connectivity index (χ0) is 26.7. The Kier molecular flexibility index (Phi) is 8.97. The number of aryl methyl sites for hydroxylation is 2. The molecule has 0 atom stereocenters. The van der Waals surface area contributed by atoms with Crippen LogP contribution in [0.25, 0.3) is 11.3 Å². The molecular weight excluding hydrogens is 519 g/mol. The van der Waals surface area contributed by atoms with E-state index in [4.69, 9.17) is 16.3 Å². The summed E-state index contributed by atoms with van der Waals surface area (Å²) in [5.41, 5.74) is 1.47. The molecule has 2 aromatic rings. The number of nitrogens with one attached hydrogen (secondary N) is 1. The number of halogens is 4. The van der Waals surface area contributed by atoms with Crippen LogP contribution in [0.3, 0.4) is 0 Å². The largest absolute Gasteiger partial charge is 0.496 e. The number of hydrogen-bond donors (Lipinski definition) is 1. The number of carbonyl (C=O) groups is 1. The van der Waals surface area contributed by atoms with Gasteiger partial charge in [-0.05, 0) is 62.6 Å². The van der Waals surface area contributed by atoms with Crippen molar-refractivity contribution in [2.45, 2.75) is 63.4 Å². The Morgan fingerprint density at radius 2 is 1.92 bits per heavy atom. The third-order valence-corrected chi connectivity index (χ3v) is 8.62. The number of rotatable bonds is 9. The normalized spacial score (nSPS) is 18.8. The van der Waals surface area contributed by atoms with Crippen LogP contribution in [0.2, 0.25) is 5.02 Å². The summed E-state index contributed by atoms with van der Waals surface area (Å²) in [6, 6.07) is 4.75. The summed E-state index contributed by atoms with van der Waals surface area (Å²) in [6.45, 7) is 2.62. The Hall–Kier alpha value is -2.27. The van der Waals surface area contributed by atoms with Crippen LogP contribution in [0.5, 0.6) is 5.75 Å². The van der Waals surface area contributed by atoms with Crippen molar-refractivity contribution < 1.29 is 31.1 Å². The van der Waals surface area contributed by atoms with E-state index in [2.05, 4.69) is 10.4 Å². The van der Waals surface area contributed by atoms with Crippen molar-refractivity contribution in [1.29, 1.82) is 0 Å². The number of ether oxygens (including phenoxy) is 1. The van der Waals surface area contributed by atoms with E-state index >= 15 is 0 Å². The second-order valence-electron chi connectivity index (χ2n) is 9.16. The number of benzene rings is 1. The van der Waals surface area contributed by atoms with Crippen LogP contribution in [0, 0.1) is 5.92 Å². The van der Waals surface area contributed by atoms with E-state index in [0.717, 1.165) is 0 Å². The number of methoxy groups -OCH3 is 1. The molecule has 0 aliphatic heterocycles. The average molecular weight is 550 g/mol. The smallest absolute Gasteiger partial charge is 0.389 e. The molecule has 1 amide bonds. The van der Waals surface area contributed by atoms with Gasteiger partial charge in [0.05, 0.1) is 23.1 Å². The third-order valence-electron chi connectivity index (χ3n) is 6.58. The van der Waals surface area contributed by atoms with Crippen LogP contribution in [0.4, 0.5) is 13.2 Å². The molecule has 1 aliphatic rings. The molecule has 1 N–H and O–H groups in total. The van der Waals surface area contributed by atoms with E-state index in [1.165, 1.54) is 19.4 Å². The summed E-state index contributed by atoms with van der Waals surface area (Å²) in [4.78, 5) is 12.9. The third kappa shape index (κ3) is 6.94. The number of hydrogen-bond acceptors (Lipinski definition) is 5. The van der Waals surface area contributed by atoms with Gasteiger partial charge < -0.3 is 10.1 Å². The lowest BCUT2D eigenvalue weighted by atomic mass is 9.89. The molecule has 0 radical (unpaired) electrons. The molecule has 1 saturated carbocycles. The van der Waals surface area contributed by atoms with E-state index in [-0.39, 0.29) is 28.3 Å². The molecule has 0 bridgehead atoms. The highest BCUT2D eigenvalue weighted by Crippen LogP contribution is 2.38. The molecule has 200 valence electrons. The first-order valence-electron chi connectivity index (χ1n) is 11.8. The summed E-state index contributed by atoms with van der Waals surface area (Å²) < 4.78 is 68.4. The maximum absolute atomic E-state index is 12.9. The zero-order valence-corrected chi connectivity index (χ0v) is 22.1. The molecule has 1 aromatic carbocycles. The van der Waals surface area contributed by atoms with Gasteiger partial charge in [0.15, 0.2) is 5.69 Å². The predicted octanol–water partition coefficient (Wildman–Crippen LogP) is 5.06. The fourth-order valence-electron chi connectivity index (χ4n) is 4.53. The number of aromatic nitrogens is 2. The van der Waals surface area contributed by atoms with Gasteiger partial charge in [-0.3, -0.25) is 9.48 Å². The van der Waals surface area contributed by atoms with E-state index in [0.29, 0.717) is 61.3 Å². The monoisotopic (exact) mass is 549 g/mol. The molecule has 3 rings (SSSR count). The quantitative estimate of drug-likeness (QED) is 0.472. The Bertz CT molecular complexity index is 1190. The van der Waals surface area contributed by atoms with Gasteiger partial charge in [0.25, 0.3) is 5.91 Å². The highest BCUT2D eigenvalue weighted by atomic mass is 35.5. The predicted molar refractivity (Wildman–Crippen MR) is 132 cm³/mol. The lowest BCUT2D eigenvalue weighted by molar-refractivity contribution is -0.134. The van der Waals surface area contributed by atoms with Gasteiger partial charge in [-0.15, -0.1) is 0 Å². The fraction of sp³-hybridized carbons (Fsp3) is 0.583. The highest BCUT2D eigenvalue weighted by molar-refractivity contribution is 7.91. The molecule has 1 aromatic heterocycles. The lowest BCUT2D eigenvalue weighted by Crippen LogP contribution is -2.34. The molecule has 0 saturated heterocycles. The van der Waals surface area contributed by atoms with Crippen molar-refractivity contribution >= 4 is 27.3 Å². The molecule has 36 heavy (non-hydrogen) atoms. The maximum atomic E-state index is 12.9. The minimum atomic E-state index is -4.26. The first kappa shape index (κ1) is 28.3. The summed E-state index contributed by atoms with van der Waals surface area (Å²) in [6.07, 6.45) is -1.55. The molecular formula is C24H31ClF3N3O4S. The zero-order valence-electron chi connectivity index (χ0n) is 20.5. The minimum absolute atomic E-state index is 0.0431. The second kappa shape index (κ2) is 11.4. The van der Waals surface area contributed by atoms with Crippen molar-refractivity contribution in [1.82, 2.24) is 15.1 Å². The Morgan fingerprint density at radius 3 is 2.47 bits per heavy atom. The number of alkyl halides is 3. The summed E-state index contributed by atoms with van der Waals surface area (Å²) in [7, 11) is -1.64. The van der Waals surface area contributed by atoms with E-state index in [9.17, 15) is 26.4 Å². The number of nitrogens with zero attached hydrogens (tertiary/aromatic N) is 2. The highest BCUT2D eigenvalue weighted by Gasteiger charge is 2.30. The number of amides is 1. The van der Waals surface area contributed by atoms with Gasteiger partial charge in [0.1, 0.15) is 15.6 Å². The number of carbonyl (C=O) groups excluding carboxylic acids is 1. The van der Waals surface area contributed by atoms with Gasteiger partial charge in [-0.25, -0.2) is 8.42 Å². The maximum Gasteiger partial charge on any atom is 0.389 e. The molecule has 1 fully saturated rings. The van der Waals surface area contributed by atoms with E-state index in [1.54, 1.807) is 16.8 Å². The van der Waals surface area contributed by atoms with Crippen molar-refractivity contribution in [2.75, 3.05) is 19.9 Å². The molecule has 1 heterocycles.